The number of ether oxygens (including phenoxy) is 1. The van der Waals surface area contributed by atoms with Crippen LogP contribution < -0.4 is 0 Å². The molecule has 0 aromatic heterocycles. The summed E-state index contributed by atoms with van der Waals surface area (Å²) in [6.45, 7) is 10.3. The molecule has 64 valence electrons. The summed E-state index contributed by atoms with van der Waals surface area (Å²) in [6.07, 6.45) is 2.51. The molecule has 0 bridgehead atoms. The summed E-state index contributed by atoms with van der Waals surface area (Å²) in [5, 5.41) is 0. The molecule has 0 aromatic carbocycles. The van der Waals surface area contributed by atoms with Crippen LogP contribution >= 0.6 is 0 Å². The molecule has 0 amide bonds. The first-order chi connectivity index (χ1) is 5.20. The average molecular weight is 154 g/mol. The lowest BCUT2D eigenvalue weighted by Gasteiger charge is -2.14. The van der Waals surface area contributed by atoms with Crippen molar-refractivity contribution in [2.75, 3.05) is 13.2 Å². The molecular weight excluding hydrogens is 136 g/mol. The molecule has 11 heavy (non-hydrogen) atoms. The lowest BCUT2D eigenvalue weighted by Crippen LogP contribution is -2.06. The molecule has 1 saturated heterocycles. The van der Waals surface area contributed by atoms with Gasteiger partial charge in [-0.3, -0.25) is 0 Å². The van der Waals surface area contributed by atoms with Gasteiger partial charge in [0.05, 0.1) is 0 Å². The summed E-state index contributed by atoms with van der Waals surface area (Å²) in [5.41, 5.74) is 1.30. The number of hydrogen-bond donors (Lipinski definition) is 0. The van der Waals surface area contributed by atoms with E-state index >= 15 is 0 Å². The smallest absolute Gasteiger partial charge is 0.0495 e. The Morgan fingerprint density at radius 1 is 1.73 bits per heavy atom. The van der Waals surface area contributed by atoms with E-state index in [0.29, 0.717) is 5.92 Å². The van der Waals surface area contributed by atoms with Gasteiger partial charge in [0.25, 0.3) is 0 Å². The maximum Gasteiger partial charge on any atom is 0.0495 e. The van der Waals surface area contributed by atoms with Crippen molar-refractivity contribution in [3.8, 4) is 0 Å². The molecule has 1 aliphatic heterocycles. The second kappa shape index (κ2) is 3.91. The van der Waals surface area contributed by atoms with Crippen molar-refractivity contribution in [1.29, 1.82) is 0 Å². The Kier molecular flexibility index (Phi) is 3.13. The Morgan fingerprint density at radius 2 is 2.45 bits per heavy atom. The Labute approximate surface area is 69.4 Å². The van der Waals surface area contributed by atoms with Crippen LogP contribution in [-0.4, -0.2) is 13.2 Å². The molecule has 1 rings (SSSR count). The fraction of sp³-hybridized carbons (Fsp3) is 0.800. The number of rotatable bonds is 3. The zero-order valence-corrected chi connectivity index (χ0v) is 7.60. The first-order valence-corrected chi connectivity index (χ1v) is 4.43. The zero-order valence-electron chi connectivity index (χ0n) is 7.60. The summed E-state index contributed by atoms with van der Waals surface area (Å²) < 4.78 is 5.31. The zero-order chi connectivity index (χ0) is 8.27. The molecular formula is C10H18O. The topological polar surface area (TPSA) is 9.23 Å². The lowest BCUT2D eigenvalue weighted by atomic mass is 9.91. The van der Waals surface area contributed by atoms with E-state index in [1.807, 2.05) is 0 Å². The maximum absolute atomic E-state index is 5.31. The highest BCUT2D eigenvalue weighted by Gasteiger charge is 2.18. The SMILES string of the molecule is C=C(C)C(C)CC1CCOC1. The second-order valence-electron chi connectivity index (χ2n) is 3.71. The van der Waals surface area contributed by atoms with Crippen LogP contribution in [-0.2, 0) is 4.74 Å². The van der Waals surface area contributed by atoms with Crippen molar-refractivity contribution >= 4 is 0 Å². The van der Waals surface area contributed by atoms with Crippen LogP contribution in [0.3, 0.4) is 0 Å². The number of hydrogen-bond acceptors (Lipinski definition) is 1. The Bertz CT molecular complexity index is 134. The lowest BCUT2D eigenvalue weighted by molar-refractivity contribution is 0.182. The standard InChI is InChI=1S/C10H18O/c1-8(2)9(3)6-10-4-5-11-7-10/h9-10H,1,4-7H2,2-3H3. The van der Waals surface area contributed by atoms with Crippen LogP contribution in [0.5, 0.6) is 0 Å². The molecule has 2 unspecified atom stereocenters. The van der Waals surface area contributed by atoms with E-state index in [9.17, 15) is 0 Å². The van der Waals surface area contributed by atoms with E-state index in [4.69, 9.17) is 4.74 Å². The third kappa shape index (κ3) is 2.66. The van der Waals surface area contributed by atoms with Crippen molar-refractivity contribution in [3.63, 3.8) is 0 Å². The molecule has 0 saturated carbocycles. The molecule has 1 fully saturated rings. The normalized spacial score (nSPS) is 26.9. The third-order valence-electron chi connectivity index (χ3n) is 2.55. The molecule has 0 spiro atoms. The van der Waals surface area contributed by atoms with Crippen LogP contribution in [0.2, 0.25) is 0 Å². The quantitative estimate of drug-likeness (QED) is 0.568. The molecule has 0 radical (unpaired) electrons. The highest BCUT2D eigenvalue weighted by Crippen LogP contribution is 2.24. The molecule has 2 atom stereocenters. The van der Waals surface area contributed by atoms with Crippen molar-refractivity contribution in [1.82, 2.24) is 0 Å². The van der Waals surface area contributed by atoms with E-state index < -0.39 is 0 Å². The summed E-state index contributed by atoms with van der Waals surface area (Å²) in [5.74, 6) is 1.46. The van der Waals surface area contributed by atoms with Gasteiger partial charge in [-0.15, -0.1) is 0 Å². The first-order valence-electron chi connectivity index (χ1n) is 4.43. The maximum atomic E-state index is 5.31. The first kappa shape index (κ1) is 8.79. The van der Waals surface area contributed by atoms with Gasteiger partial charge in [0.15, 0.2) is 0 Å². The molecule has 0 N–H and O–H groups in total. The average Bonchev–Trinajstić information content (AvgIpc) is 2.39. The van der Waals surface area contributed by atoms with Gasteiger partial charge in [-0.1, -0.05) is 19.1 Å². The second-order valence-corrected chi connectivity index (χ2v) is 3.71. The fourth-order valence-electron chi connectivity index (χ4n) is 1.47. The van der Waals surface area contributed by atoms with E-state index in [0.717, 1.165) is 19.1 Å². The van der Waals surface area contributed by atoms with Gasteiger partial charge < -0.3 is 4.74 Å². The van der Waals surface area contributed by atoms with E-state index in [1.54, 1.807) is 0 Å². The van der Waals surface area contributed by atoms with Gasteiger partial charge in [0.2, 0.25) is 0 Å². The van der Waals surface area contributed by atoms with Gasteiger partial charge >= 0.3 is 0 Å². The van der Waals surface area contributed by atoms with Crippen molar-refractivity contribution < 1.29 is 4.74 Å². The van der Waals surface area contributed by atoms with Crippen LogP contribution in [0.25, 0.3) is 0 Å². The van der Waals surface area contributed by atoms with Gasteiger partial charge in [-0.25, -0.2) is 0 Å². The number of allylic oxidation sites excluding steroid dienone is 1. The highest BCUT2D eigenvalue weighted by molar-refractivity contribution is 4.94. The van der Waals surface area contributed by atoms with Crippen LogP contribution in [0.15, 0.2) is 12.2 Å². The minimum atomic E-state index is 0.668. The summed E-state index contributed by atoms with van der Waals surface area (Å²) in [7, 11) is 0. The van der Waals surface area contributed by atoms with E-state index in [1.165, 1.54) is 18.4 Å². The van der Waals surface area contributed by atoms with Gasteiger partial charge in [-0.2, -0.15) is 0 Å². The van der Waals surface area contributed by atoms with Crippen LogP contribution in [0, 0.1) is 11.8 Å². The molecule has 1 nitrogen and oxygen atoms in total. The molecule has 1 heteroatoms. The van der Waals surface area contributed by atoms with E-state index in [-0.39, 0.29) is 0 Å². The predicted octanol–water partition coefficient (Wildman–Crippen LogP) is 2.63. The van der Waals surface area contributed by atoms with Crippen LogP contribution in [0.1, 0.15) is 26.7 Å². The van der Waals surface area contributed by atoms with Crippen molar-refractivity contribution in [2.45, 2.75) is 26.7 Å². The minimum absolute atomic E-state index is 0.668. The van der Waals surface area contributed by atoms with Gasteiger partial charge in [-0.05, 0) is 31.6 Å². The minimum Gasteiger partial charge on any atom is -0.381 e. The Balaban J connectivity index is 2.23. The summed E-state index contributed by atoms with van der Waals surface area (Å²) >= 11 is 0. The fourth-order valence-corrected chi connectivity index (χ4v) is 1.47. The van der Waals surface area contributed by atoms with Crippen molar-refractivity contribution in [2.24, 2.45) is 11.8 Å². The van der Waals surface area contributed by atoms with Gasteiger partial charge in [0, 0.05) is 13.2 Å². The largest absolute Gasteiger partial charge is 0.381 e. The van der Waals surface area contributed by atoms with Crippen molar-refractivity contribution in [3.05, 3.63) is 12.2 Å². The van der Waals surface area contributed by atoms with Crippen LogP contribution in [0.4, 0.5) is 0 Å². The molecule has 1 heterocycles. The molecule has 0 aromatic rings. The highest BCUT2D eigenvalue weighted by atomic mass is 16.5. The third-order valence-corrected chi connectivity index (χ3v) is 2.55. The predicted molar refractivity (Wildman–Crippen MR) is 47.5 cm³/mol. The van der Waals surface area contributed by atoms with Gasteiger partial charge in [0.1, 0.15) is 0 Å². The summed E-state index contributed by atoms with van der Waals surface area (Å²) in [4.78, 5) is 0. The molecule has 0 aliphatic carbocycles. The molecule has 1 aliphatic rings. The Morgan fingerprint density at radius 3 is 2.91 bits per heavy atom. The summed E-state index contributed by atoms with van der Waals surface area (Å²) in [6, 6.07) is 0. The van der Waals surface area contributed by atoms with E-state index in [2.05, 4.69) is 20.4 Å². The Hall–Kier alpha value is -0.300. The monoisotopic (exact) mass is 154 g/mol.